The summed E-state index contributed by atoms with van der Waals surface area (Å²) in [6.07, 6.45) is 0. The zero-order chi connectivity index (χ0) is 51.9. The van der Waals surface area contributed by atoms with Crippen LogP contribution in [0.2, 0.25) is 0 Å². The zero-order valence-corrected chi connectivity index (χ0v) is 40.4. The Bertz CT molecular complexity index is 2840. The molecular weight excluding hydrogens is 988 g/mol. The highest BCUT2D eigenvalue weighted by atomic mass is 79.9. The Morgan fingerprint density at radius 1 is 0.437 bits per heavy atom. The number of aryl methyl sites for hydroxylation is 1. The van der Waals surface area contributed by atoms with Gasteiger partial charge in [-0.15, -0.1) is 0 Å². The van der Waals surface area contributed by atoms with Crippen molar-refractivity contribution in [1.29, 1.82) is 0 Å². The predicted molar refractivity (Wildman–Crippen MR) is 267 cm³/mol. The molecule has 0 radical (unpaired) electrons. The van der Waals surface area contributed by atoms with Crippen molar-refractivity contribution in [3.63, 3.8) is 0 Å². The number of phenolic OH excluding ortho intramolecular Hbond substituents is 1. The van der Waals surface area contributed by atoms with Crippen LogP contribution >= 0.6 is 15.9 Å². The molecule has 0 aliphatic carbocycles. The molecule has 14 heteroatoms. The maximum absolute atomic E-state index is 13.2. The second-order valence-corrected chi connectivity index (χ2v) is 15.3. The molecule has 0 heterocycles. The van der Waals surface area contributed by atoms with E-state index in [-0.39, 0.29) is 40.7 Å². The minimum Gasteiger partial charge on any atom is -0.507 e. The number of aliphatic hydroxyl groups excluding tert-OH is 1. The number of esters is 3. The number of aliphatic hydroxyl groups is 1. The number of halogens is 6. The number of hydrogen-bond donors (Lipinski definition) is 2. The van der Waals surface area contributed by atoms with Crippen molar-refractivity contribution in [1.82, 2.24) is 0 Å². The first-order valence-corrected chi connectivity index (χ1v) is 22.5. The number of methoxy groups -OCH3 is 3. The van der Waals surface area contributed by atoms with Crippen LogP contribution in [0.4, 0.5) is 22.0 Å². The third-order valence-electron chi connectivity index (χ3n) is 10.1. The van der Waals surface area contributed by atoms with E-state index in [0.717, 1.165) is 58.7 Å². The van der Waals surface area contributed by atoms with Gasteiger partial charge in [0.2, 0.25) is 0 Å². The van der Waals surface area contributed by atoms with Crippen molar-refractivity contribution < 1.29 is 60.8 Å². The molecule has 0 aliphatic heterocycles. The minimum atomic E-state index is -0.757. The van der Waals surface area contributed by atoms with Crippen molar-refractivity contribution in [2.75, 3.05) is 21.3 Å². The lowest BCUT2D eigenvalue weighted by atomic mass is 10.00. The number of hydrogen-bond acceptors (Lipinski definition) is 8. The van der Waals surface area contributed by atoms with E-state index in [1.165, 1.54) is 56.7 Å². The summed E-state index contributed by atoms with van der Waals surface area (Å²) >= 11 is 3.37. The third kappa shape index (κ3) is 16.9. The Hall–Kier alpha value is -7.94. The predicted octanol–water partition coefficient (Wildman–Crippen LogP) is 13.9. The van der Waals surface area contributed by atoms with E-state index in [2.05, 4.69) is 30.1 Å². The van der Waals surface area contributed by atoms with Crippen LogP contribution in [-0.2, 0) is 26.1 Å². The summed E-state index contributed by atoms with van der Waals surface area (Å²) in [5.74, 6) is -4.08. The molecule has 0 atom stereocenters. The fraction of sp³-hybridized carbons (Fsp3) is 0.105. The first-order valence-electron chi connectivity index (χ1n) is 21.3. The van der Waals surface area contributed by atoms with Gasteiger partial charge in [-0.25, -0.2) is 36.3 Å². The van der Waals surface area contributed by atoms with Crippen LogP contribution in [0, 0.1) is 36.0 Å². The van der Waals surface area contributed by atoms with Gasteiger partial charge >= 0.3 is 17.9 Å². The van der Waals surface area contributed by atoms with Crippen LogP contribution in [0.5, 0.6) is 5.75 Å². The summed E-state index contributed by atoms with van der Waals surface area (Å²) in [5, 5.41) is 18.9. The molecule has 8 aromatic rings. The Morgan fingerprint density at radius 3 is 1.23 bits per heavy atom. The Labute approximate surface area is 416 Å². The molecule has 0 saturated heterocycles. The molecule has 0 spiro atoms. The number of rotatable bonds is 8. The smallest absolute Gasteiger partial charge is 0.341 e. The summed E-state index contributed by atoms with van der Waals surface area (Å²) < 4.78 is 77.7. The van der Waals surface area contributed by atoms with E-state index in [9.17, 15) is 36.3 Å². The van der Waals surface area contributed by atoms with Gasteiger partial charge in [0.15, 0.2) is 0 Å². The van der Waals surface area contributed by atoms with E-state index in [1.807, 2.05) is 97.1 Å². The van der Waals surface area contributed by atoms with Gasteiger partial charge in [-0.3, -0.25) is 0 Å². The lowest BCUT2D eigenvalue weighted by molar-refractivity contribution is 0.0588. The lowest BCUT2D eigenvalue weighted by Gasteiger charge is -2.08. The first kappa shape index (κ1) is 55.7. The molecule has 0 aromatic heterocycles. The Morgan fingerprint density at radius 2 is 0.775 bits per heavy atom. The van der Waals surface area contributed by atoms with Gasteiger partial charge in [0.1, 0.15) is 40.4 Å². The Kier molecular flexibility index (Phi) is 22.4. The summed E-state index contributed by atoms with van der Waals surface area (Å²) in [6, 6.07) is 49.5. The van der Waals surface area contributed by atoms with Crippen LogP contribution in [0.1, 0.15) is 47.8 Å². The molecule has 71 heavy (non-hydrogen) atoms. The molecular formula is C57H48BrF5O8. The van der Waals surface area contributed by atoms with Gasteiger partial charge in [-0.1, -0.05) is 131 Å². The fourth-order valence-corrected chi connectivity index (χ4v) is 7.00. The van der Waals surface area contributed by atoms with E-state index < -0.39 is 35.4 Å². The number of ether oxygens (including phenoxy) is 3. The average Bonchev–Trinajstić information content (AvgIpc) is 3.40. The molecule has 0 saturated carbocycles. The maximum atomic E-state index is 13.2. The molecule has 0 fully saturated rings. The molecule has 0 aliphatic rings. The molecule has 8 nitrogen and oxygen atoms in total. The summed E-state index contributed by atoms with van der Waals surface area (Å²) in [5.41, 5.74) is 8.22. The fourth-order valence-electron chi connectivity index (χ4n) is 6.54. The molecule has 8 rings (SSSR count). The van der Waals surface area contributed by atoms with Crippen LogP contribution < -0.4 is 0 Å². The standard InChI is InChI=1S/C14H11FO2.C13H10BrF.C13H11FO.C9H9FO2.C8H7FO3/c1-17-14(16)13-9-11(15)7-8-12(13)10-5-3-2-4-6-10;14-9-11-8-12(15)6-7-13(11)10-4-2-1-3-5-10;14-12-6-7-13(11(8-12)9-15)10-4-2-1-3-5-10;1-6-3-4-7(10)5-8(6)9(11)12-2;1-12-8(11)6-4-5(9)2-3-7(6)10/h2-9H,1H3;1-8H,9H2;1-8,15H,9H2;3-5H,1-2H3;2-4,10H,1H3. The Balaban J connectivity index is 0.000000194. The second kappa shape index (κ2) is 28.5. The van der Waals surface area contributed by atoms with Gasteiger partial charge in [0.05, 0.1) is 39.1 Å². The van der Waals surface area contributed by atoms with Crippen molar-refractivity contribution in [3.05, 3.63) is 244 Å². The number of benzene rings is 8. The van der Waals surface area contributed by atoms with Crippen LogP contribution in [0.15, 0.2) is 182 Å². The topological polar surface area (TPSA) is 119 Å². The van der Waals surface area contributed by atoms with Crippen LogP contribution in [0.3, 0.4) is 0 Å². The summed E-state index contributed by atoms with van der Waals surface area (Å²) in [6.45, 7) is 1.58. The molecule has 2 N–H and O–H groups in total. The quantitative estimate of drug-likeness (QED) is 0.0668. The van der Waals surface area contributed by atoms with Crippen LogP contribution in [0.25, 0.3) is 33.4 Å². The van der Waals surface area contributed by atoms with Crippen molar-refractivity contribution in [3.8, 4) is 39.1 Å². The molecule has 8 aromatic carbocycles. The molecule has 0 amide bonds. The second-order valence-electron chi connectivity index (χ2n) is 14.8. The van der Waals surface area contributed by atoms with Crippen molar-refractivity contribution in [2.24, 2.45) is 0 Å². The normalized spacial score (nSPS) is 9.96. The molecule has 0 bridgehead atoms. The van der Waals surface area contributed by atoms with Gasteiger partial charge in [0.25, 0.3) is 0 Å². The highest BCUT2D eigenvalue weighted by Crippen LogP contribution is 2.28. The van der Waals surface area contributed by atoms with Gasteiger partial charge in [-0.05, 0) is 124 Å². The number of alkyl halides is 1. The van der Waals surface area contributed by atoms with E-state index in [4.69, 9.17) is 10.2 Å². The molecule has 366 valence electrons. The largest absolute Gasteiger partial charge is 0.507 e. The maximum Gasteiger partial charge on any atom is 0.341 e. The monoisotopic (exact) mass is 1030 g/mol. The number of aromatic hydroxyl groups is 1. The number of phenols is 1. The van der Waals surface area contributed by atoms with E-state index in [0.29, 0.717) is 22.0 Å². The SMILES string of the molecule is COC(=O)c1cc(F)ccc1-c1ccccc1.COC(=O)c1cc(F)ccc1C.COC(=O)c1cc(F)ccc1O.Fc1ccc(-c2ccccc2)c(CBr)c1.OCc1cc(F)ccc1-c1ccccc1. The van der Waals surface area contributed by atoms with Gasteiger partial charge < -0.3 is 24.4 Å². The zero-order valence-electron chi connectivity index (χ0n) is 38.8. The minimum absolute atomic E-state index is 0.151. The summed E-state index contributed by atoms with van der Waals surface area (Å²) in [4.78, 5) is 33.4. The first-order chi connectivity index (χ1) is 34.1. The highest BCUT2D eigenvalue weighted by Gasteiger charge is 2.15. The molecule has 0 unspecified atom stereocenters. The van der Waals surface area contributed by atoms with Crippen LogP contribution in [-0.4, -0.2) is 49.5 Å². The number of carbonyl (C=O) groups is 3. The third-order valence-corrected chi connectivity index (χ3v) is 10.7. The van der Waals surface area contributed by atoms with Gasteiger partial charge in [-0.2, -0.15) is 0 Å². The van der Waals surface area contributed by atoms with Crippen molar-refractivity contribution in [2.45, 2.75) is 18.9 Å². The van der Waals surface area contributed by atoms with E-state index in [1.54, 1.807) is 31.2 Å². The van der Waals surface area contributed by atoms with E-state index >= 15 is 0 Å². The highest BCUT2D eigenvalue weighted by molar-refractivity contribution is 9.08. The van der Waals surface area contributed by atoms with Gasteiger partial charge in [0, 0.05) is 5.33 Å². The van der Waals surface area contributed by atoms with Crippen molar-refractivity contribution >= 4 is 33.8 Å². The lowest BCUT2D eigenvalue weighted by Crippen LogP contribution is -2.04. The number of carbonyl (C=O) groups excluding carboxylic acids is 3. The summed E-state index contributed by atoms with van der Waals surface area (Å²) in [7, 11) is 3.71. The average molecular weight is 1040 g/mol.